The van der Waals surface area contributed by atoms with Gasteiger partial charge in [-0.25, -0.2) is 18.1 Å². The highest BCUT2D eigenvalue weighted by Crippen LogP contribution is 2.24. The average molecular weight is 446 g/mol. The average Bonchev–Trinajstić information content (AvgIpc) is 2.90. The molecule has 1 aromatic heterocycles. The van der Waals surface area contributed by atoms with Gasteiger partial charge in [0.2, 0.25) is 5.91 Å². The van der Waals surface area contributed by atoms with Crippen LogP contribution >= 0.6 is 0 Å². The monoisotopic (exact) mass is 446 g/mol. The first-order valence-electron chi connectivity index (χ1n) is 6.02. The second-order valence-electron chi connectivity index (χ2n) is 4.37. The molecule has 1 amide bonds. The third-order valence-corrected chi connectivity index (χ3v) is 4.61. The molecule has 1 heterocycles. The van der Waals surface area contributed by atoms with Crippen LogP contribution in [0, 0.1) is 0 Å². The van der Waals surface area contributed by atoms with E-state index in [1.807, 2.05) is 0 Å². The molecule has 0 aliphatic carbocycles. The number of hydrogen-bond acceptors (Lipinski definition) is 7. The van der Waals surface area contributed by atoms with Crippen LogP contribution in [-0.4, -0.2) is 48.5 Å². The number of aromatic nitrogens is 3. The van der Waals surface area contributed by atoms with Crippen LogP contribution in [0.3, 0.4) is 0 Å². The maximum atomic E-state index is 12.3. The van der Waals surface area contributed by atoms with Crippen LogP contribution in [0.5, 0.6) is 0 Å². The second kappa shape index (κ2) is 7.31. The van der Waals surface area contributed by atoms with Crippen molar-refractivity contribution in [2.24, 2.45) is 5.73 Å². The number of rotatable bonds is 7. The SMILES string of the molecule is NC(=O)C(NS(=O)(=O)C(F)(F)F)c1ncn(C=CNS(=O)(=O)C(F)(F)F)n1. The predicted molar refractivity (Wildman–Crippen MR) is 73.5 cm³/mol. The zero-order valence-electron chi connectivity index (χ0n) is 12.4. The first kappa shape index (κ1) is 22.6. The van der Waals surface area contributed by atoms with Crippen molar-refractivity contribution in [1.82, 2.24) is 24.2 Å². The fourth-order valence-corrected chi connectivity index (χ4v) is 2.25. The Kier molecular flexibility index (Phi) is 6.12. The lowest BCUT2D eigenvalue weighted by molar-refractivity contribution is -0.120. The standard InChI is InChI=1S/C8H8F6N6O5S2/c9-7(10,11)26(22,23)17-1-2-20-3-16-6(18-20)4(5(15)21)19-27(24,25)8(12,13)14/h1-4,17,19H,(H2,15,21). The first-order chi connectivity index (χ1) is 12.0. The molecular formula is C8H8F6N6O5S2. The molecule has 11 nitrogen and oxygen atoms in total. The maximum Gasteiger partial charge on any atom is 0.516 e. The number of halogens is 6. The number of hydrogen-bond donors (Lipinski definition) is 3. The van der Waals surface area contributed by atoms with Gasteiger partial charge in [0.15, 0.2) is 11.9 Å². The van der Waals surface area contributed by atoms with Crippen molar-refractivity contribution >= 4 is 32.2 Å². The molecule has 0 aliphatic heterocycles. The second-order valence-corrected chi connectivity index (χ2v) is 7.78. The van der Waals surface area contributed by atoms with E-state index in [-0.39, 0.29) is 6.20 Å². The molecule has 1 rings (SSSR count). The van der Waals surface area contributed by atoms with Crippen LogP contribution in [0.1, 0.15) is 11.9 Å². The van der Waals surface area contributed by atoms with Gasteiger partial charge in [0.05, 0.1) is 0 Å². The third-order valence-electron chi connectivity index (χ3n) is 2.40. The summed E-state index contributed by atoms with van der Waals surface area (Å²) in [7, 11) is -11.7. The summed E-state index contributed by atoms with van der Waals surface area (Å²) in [6, 6.07) is -2.36. The molecule has 0 saturated heterocycles. The van der Waals surface area contributed by atoms with Gasteiger partial charge in [-0.2, -0.15) is 39.5 Å². The molecular weight excluding hydrogens is 438 g/mol. The van der Waals surface area contributed by atoms with Crippen molar-refractivity contribution in [3.05, 3.63) is 18.4 Å². The highest BCUT2D eigenvalue weighted by atomic mass is 32.2. The number of carbonyl (C=O) groups is 1. The van der Waals surface area contributed by atoms with Crippen LogP contribution in [0.2, 0.25) is 0 Å². The number of nitrogens with one attached hydrogen (secondary N) is 2. The summed E-state index contributed by atoms with van der Waals surface area (Å²) in [5.74, 6) is -2.51. The molecule has 4 N–H and O–H groups in total. The smallest absolute Gasteiger partial charge is 0.368 e. The lowest BCUT2D eigenvalue weighted by Crippen LogP contribution is -2.44. The van der Waals surface area contributed by atoms with Crippen LogP contribution in [0.25, 0.3) is 6.20 Å². The van der Waals surface area contributed by atoms with Crippen molar-refractivity contribution in [3.8, 4) is 0 Å². The molecule has 0 radical (unpaired) electrons. The summed E-state index contributed by atoms with van der Waals surface area (Å²) < 4.78 is 119. The van der Waals surface area contributed by atoms with Gasteiger partial charge in [-0.1, -0.05) is 0 Å². The fourth-order valence-electron chi connectivity index (χ4n) is 1.22. The van der Waals surface area contributed by atoms with E-state index in [2.05, 4.69) is 10.1 Å². The molecule has 154 valence electrons. The zero-order chi connectivity index (χ0) is 21.3. The van der Waals surface area contributed by atoms with Gasteiger partial charge in [-0.15, -0.1) is 5.10 Å². The quantitative estimate of drug-likeness (QED) is 0.457. The summed E-state index contributed by atoms with van der Waals surface area (Å²) in [5, 5.41) is 3.29. The summed E-state index contributed by atoms with van der Waals surface area (Å²) >= 11 is 0. The van der Waals surface area contributed by atoms with Crippen molar-refractivity contribution in [2.75, 3.05) is 0 Å². The number of nitrogens with zero attached hydrogens (tertiary/aromatic N) is 3. The number of sulfonamides is 2. The largest absolute Gasteiger partial charge is 0.516 e. The van der Waals surface area contributed by atoms with Gasteiger partial charge in [0.25, 0.3) is 0 Å². The highest BCUT2D eigenvalue weighted by molar-refractivity contribution is 7.90. The lowest BCUT2D eigenvalue weighted by Gasteiger charge is -2.14. The number of primary amides is 1. The summed E-state index contributed by atoms with van der Waals surface area (Å²) in [5.41, 5.74) is -6.62. The van der Waals surface area contributed by atoms with Crippen LogP contribution < -0.4 is 15.2 Å². The van der Waals surface area contributed by atoms with Gasteiger partial charge >= 0.3 is 31.1 Å². The van der Waals surface area contributed by atoms with Gasteiger partial charge in [-0.05, 0) is 0 Å². The van der Waals surface area contributed by atoms with Crippen LogP contribution in [0.15, 0.2) is 12.5 Å². The maximum absolute atomic E-state index is 12.3. The van der Waals surface area contributed by atoms with Gasteiger partial charge in [-0.3, -0.25) is 9.52 Å². The number of alkyl halides is 6. The Morgan fingerprint density at radius 1 is 1.11 bits per heavy atom. The Labute approximate surface area is 146 Å². The molecule has 1 aromatic rings. The summed E-state index contributed by atoms with van der Waals surface area (Å²) in [6.07, 6.45) is 1.38. The molecule has 1 atom stereocenters. The Morgan fingerprint density at radius 3 is 2.07 bits per heavy atom. The fraction of sp³-hybridized carbons (Fsp3) is 0.375. The first-order valence-corrected chi connectivity index (χ1v) is 8.99. The molecule has 0 spiro atoms. The van der Waals surface area contributed by atoms with Crippen molar-refractivity contribution in [1.29, 1.82) is 0 Å². The molecule has 19 heteroatoms. The van der Waals surface area contributed by atoms with E-state index in [9.17, 15) is 48.0 Å². The molecule has 1 unspecified atom stereocenters. The number of nitrogens with two attached hydrogens (primary N) is 1. The minimum Gasteiger partial charge on any atom is -0.368 e. The Hall–Kier alpha value is -2.41. The highest BCUT2D eigenvalue weighted by Gasteiger charge is 2.48. The van der Waals surface area contributed by atoms with Crippen molar-refractivity contribution in [3.63, 3.8) is 0 Å². The molecule has 0 aromatic carbocycles. The van der Waals surface area contributed by atoms with Gasteiger partial charge < -0.3 is 5.73 Å². The summed E-state index contributed by atoms with van der Waals surface area (Å²) in [4.78, 5) is 14.4. The van der Waals surface area contributed by atoms with E-state index in [0.717, 1.165) is 9.44 Å². The Bertz CT molecular complexity index is 934. The predicted octanol–water partition coefficient (Wildman–Crippen LogP) is -0.889. The normalized spacial score (nSPS) is 15.0. The van der Waals surface area contributed by atoms with E-state index >= 15 is 0 Å². The third kappa shape index (κ3) is 5.53. The summed E-state index contributed by atoms with van der Waals surface area (Å²) in [6.45, 7) is 0. The van der Waals surface area contributed by atoms with E-state index in [1.165, 1.54) is 0 Å². The van der Waals surface area contributed by atoms with Gasteiger partial charge in [0, 0.05) is 12.4 Å². The Morgan fingerprint density at radius 2 is 1.63 bits per heavy atom. The minimum atomic E-state index is -6.01. The van der Waals surface area contributed by atoms with Crippen LogP contribution in [0.4, 0.5) is 26.3 Å². The van der Waals surface area contributed by atoms with Crippen molar-refractivity contribution in [2.45, 2.75) is 17.1 Å². The van der Waals surface area contributed by atoms with Crippen LogP contribution in [-0.2, 0) is 24.8 Å². The molecule has 0 fully saturated rings. The van der Waals surface area contributed by atoms with E-state index < -0.39 is 48.8 Å². The zero-order valence-corrected chi connectivity index (χ0v) is 14.0. The molecule has 0 saturated carbocycles. The van der Waals surface area contributed by atoms with E-state index in [1.54, 1.807) is 0 Å². The van der Waals surface area contributed by atoms with Crippen molar-refractivity contribution < 1.29 is 48.0 Å². The van der Waals surface area contributed by atoms with E-state index in [0.29, 0.717) is 17.2 Å². The molecule has 0 aliphatic rings. The lowest BCUT2D eigenvalue weighted by atomic mass is 10.3. The van der Waals surface area contributed by atoms with E-state index in [4.69, 9.17) is 5.73 Å². The number of amides is 1. The Balaban J connectivity index is 3.02. The number of carbonyl (C=O) groups excluding carboxylic acids is 1. The topological polar surface area (TPSA) is 166 Å². The minimum absolute atomic E-state index is 0.237. The molecule has 27 heavy (non-hydrogen) atoms. The van der Waals surface area contributed by atoms with Gasteiger partial charge in [0.1, 0.15) is 6.33 Å². The molecule has 0 bridgehead atoms.